The molecular formula is C24H29FN2O4S. The predicted molar refractivity (Wildman–Crippen MR) is 119 cm³/mol. The fourth-order valence-corrected chi connectivity index (χ4v) is 6.27. The first-order valence-electron chi connectivity index (χ1n) is 11.2. The third kappa shape index (κ3) is 5.36. The van der Waals surface area contributed by atoms with Gasteiger partial charge in [0, 0.05) is 25.7 Å². The lowest BCUT2D eigenvalue weighted by atomic mass is 10.1. The van der Waals surface area contributed by atoms with Gasteiger partial charge in [0.05, 0.1) is 10.5 Å². The number of nitrogens with zero attached hydrogens (tertiary/aromatic N) is 2. The van der Waals surface area contributed by atoms with E-state index in [0.717, 1.165) is 51.7 Å². The van der Waals surface area contributed by atoms with Crippen LogP contribution in [-0.4, -0.2) is 61.9 Å². The van der Waals surface area contributed by atoms with E-state index in [1.807, 2.05) is 6.07 Å². The molecule has 2 aliphatic heterocycles. The molecule has 0 saturated carbocycles. The van der Waals surface area contributed by atoms with Gasteiger partial charge in [0.2, 0.25) is 10.0 Å². The van der Waals surface area contributed by atoms with Crippen molar-refractivity contribution in [2.75, 3.05) is 26.2 Å². The number of ether oxygens (including phenoxy) is 1. The zero-order valence-electron chi connectivity index (χ0n) is 18.0. The van der Waals surface area contributed by atoms with Crippen LogP contribution in [0.3, 0.4) is 0 Å². The first kappa shape index (κ1) is 22.9. The monoisotopic (exact) mass is 460 g/mol. The molecule has 0 unspecified atom stereocenters. The maximum Gasteiger partial charge on any atom is 0.338 e. The molecule has 4 rings (SSSR count). The number of piperidine rings is 1. The number of benzene rings is 2. The Kier molecular flexibility index (Phi) is 7.23. The van der Waals surface area contributed by atoms with Gasteiger partial charge in [-0.3, -0.25) is 0 Å². The molecule has 2 aromatic carbocycles. The summed E-state index contributed by atoms with van der Waals surface area (Å²) >= 11 is 0. The van der Waals surface area contributed by atoms with Gasteiger partial charge >= 0.3 is 5.97 Å². The highest BCUT2D eigenvalue weighted by atomic mass is 32.2. The third-order valence-electron chi connectivity index (χ3n) is 6.34. The summed E-state index contributed by atoms with van der Waals surface area (Å²) in [6, 6.07) is 14.0. The van der Waals surface area contributed by atoms with Crippen LogP contribution in [0.5, 0.6) is 0 Å². The van der Waals surface area contributed by atoms with Crippen LogP contribution in [0.1, 0.15) is 42.5 Å². The van der Waals surface area contributed by atoms with Gasteiger partial charge in [-0.1, -0.05) is 18.2 Å². The normalized spacial score (nSPS) is 21.0. The highest BCUT2D eigenvalue weighted by Gasteiger charge is 2.35. The van der Waals surface area contributed by atoms with Gasteiger partial charge in [0.25, 0.3) is 0 Å². The molecule has 1 atom stereocenters. The number of rotatable bonds is 7. The van der Waals surface area contributed by atoms with Gasteiger partial charge in [-0.05, 0) is 75.0 Å². The molecule has 0 aliphatic carbocycles. The van der Waals surface area contributed by atoms with Gasteiger partial charge < -0.3 is 9.64 Å². The molecule has 6 nitrogen and oxygen atoms in total. The Labute approximate surface area is 189 Å². The second kappa shape index (κ2) is 10.1. The van der Waals surface area contributed by atoms with Gasteiger partial charge in [0.1, 0.15) is 11.9 Å². The van der Waals surface area contributed by atoms with Crippen molar-refractivity contribution in [3.05, 3.63) is 66.0 Å². The largest absolute Gasteiger partial charge is 0.459 e. The first-order valence-corrected chi connectivity index (χ1v) is 12.6. The minimum Gasteiger partial charge on any atom is -0.459 e. The van der Waals surface area contributed by atoms with Crippen molar-refractivity contribution in [1.82, 2.24) is 9.21 Å². The van der Waals surface area contributed by atoms with Crippen molar-refractivity contribution in [1.29, 1.82) is 0 Å². The standard InChI is InChI=1S/C24H29FN2O4S/c25-20-10-8-19(9-11-20)24(28)31-22-13-17-26(18-14-22)16-12-21-5-4-15-27(21)32(29,30)23-6-2-1-3-7-23/h1-3,6-11,21-22H,4-5,12-18H2/t21-/m1/s1. The number of esters is 1. The molecule has 32 heavy (non-hydrogen) atoms. The smallest absolute Gasteiger partial charge is 0.338 e. The summed E-state index contributed by atoms with van der Waals surface area (Å²) in [5.74, 6) is -0.802. The SMILES string of the molecule is O=C(OC1CCN(CC[C@H]2CCCN2S(=O)(=O)c2ccccc2)CC1)c1ccc(F)cc1. The minimum absolute atomic E-state index is 0.0224. The molecule has 0 aromatic heterocycles. The molecule has 0 bridgehead atoms. The van der Waals surface area contributed by atoms with E-state index in [4.69, 9.17) is 4.74 Å². The number of carbonyl (C=O) groups is 1. The Morgan fingerprint density at radius 1 is 0.969 bits per heavy atom. The molecule has 0 N–H and O–H groups in total. The minimum atomic E-state index is -3.46. The van der Waals surface area contributed by atoms with Crippen LogP contribution in [0.15, 0.2) is 59.5 Å². The van der Waals surface area contributed by atoms with Crippen molar-refractivity contribution in [2.24, 2.45) is 0 Å². The zero-order valence-corrected chi connectivity index (χ0v) is 18.8. The van der Waals surface area contributed by atoms with Crippen LogP contribution in [0.25, 0.3) is 0 Å². The van der Waals surface area contributed by atoms with Crippen LogP contribution in [0, 0.1) is 5.82 Å². The van der Waals surface area contributed by atoms with E-state index in [2.05, 4.69) is 4.90 Å². The Hall–Kier alpha value is -2.29. The van der Waals surface area contributed by atoms with Crippen LogP contribution < -0.4 is 0 Å². The van der Waals surface area contributed by atoms with Crippen LogP contribution in [0.2, 0.25) is 0 Å². The fraction of sp³-hybridized carbons (Fsp3) is 0.458. The number of hydrogen-bond acceptors (Lipinski definition) is 5. The lowest BCUT2D eigenvalue weighted by molar-refractivity contribution is 0.0109. The van der Waals surface area contributed by atoms with E-state index in [0.29, 0.717) is 17.0 Å². The van der Waals surface area contributed by atoms with E-state index in [-0.39, 0.29) is 18.0 Å². The molecule has 0 radical (unpaired) electrons. The van der Waals surface area contributed by atoms with Crippen molar-refractivity contribution in [3.63, 3.8) is 0 Å². The van der Waals surface area contributed by atoms with Crippen LogP contribution >= 0.6 is 0 Å². The summed E-state index contributed by atoms with van der Waals surface area (Å²) in [7, 11) is -3.46. The number of sulfonamides is 1. The topological polar surface area (TPSA) is 66.9 Å². The molecule has 0 amide bonds. The van der Waals surface area contributed by atoms with Gasteiger partial charge in [-0.15, -0.1) is 0 Å². The third-order valence-corrected chi connectivity index (χ3v) is 8.31. The van der Waals surface area contributed by atoms with E-state index in [1.54, 1.807) is 28.6 Å². The summed E-state index contributed by atoms with van der Waals surface area (Å²) in [6.07, 6.45) is 3.90. The quantitative estimate of drug-likeness (QED) is 0.590. The van der Waals surface area contributed by atoms with Gasteiger partial charge in [0.15, 0.2) is 0 Å². The predicted octanol–water partition coefficient (Wildman–Crippen LogP) is 3.69. The Bertz CT molecular complexity index is 1010. The fourth-order valence-electron chi connectivity index (χ4n) is 4.53. The number of carbonyl (C=O) groups excluding carboxylic acids is 1. The van der Waals surface area contributed by atoms with Gasteiger partial charge in [-0.2, -0.15) is 4.31 Å². The molecule has 8 heteroatoms. The molecule has 2 aliphatic rings. The molecule has 2 saturated heterocycles. The average Bonchev–Trinajstić information content (AvgIpc) is 3.29. The van der Waals surface area contributed by atoms with Crippen molar-refractivity contribution in [3.8, 4) is 0 Å². The number of halogens is 1. The summed E-state index contributed by atoms with van der Waals surface area (Å²) in [5, 5.41) is 0. The average molecular weight is 461 g/mol. The highest BCUT2D eigenvalue weighted by Crippen LogP contribution is 2.28. The molecule has 2 heterocycles. The molecule has 172 valence electrons. The van der Waals surface area contributed by atoms with Gasteiger partial charge in [-0.25, -0.2) is 17.6 Å². The van der Waals surface area contributed by atoms with E-state index < -0.39 is 16.0 Å². The Morgan fingerprint density at radius 3 is 2.34 bits per heavy atom. The van der Waals surface area contributed by atoms with E-state index >= 15 is 0 Å². The van der Waals surface area contributed by atoms with Crippen molar-refractivity contribution >= 4 is 16.0 Å². The summed E-state index contributed by atoms with van der Waals surface area (Å²) in [5.41, 5.74) is 0.356. The first-order chi connectivity index (χ1) is 15.4. The summed E-state index contributed by atoms with van der Waals surface area (Å²) in [4.78, 5) is 14.9. The van der Waals surface area contributed by atoms with Crippen LogP contribution in [-0.2, 0) is 14.8 Å². The number of likely N-dealkylation sites (tertiary alicyclic amines) is 1. The lowest BCUT2D eigenvalue weighted by Gasteiger charge is -2.33. The second-order valence-electron chi connectivity index (χ2n) is 8.47. The maximum absolute atomic E-state index is 13.0. The Morgan fingerprint density at radius 2 is 1.66 bits per heavy atom. The zero-order chi connectivity index (χ0) is 22.6. The molecule has 0 spiro atoms. The van der Waals surface area contributed by atoms with Crippen LogP contribution in [0.4, 0.5) is 4.39 Å². The number of hydrogen-bond donors (Lipinski definition) is 0. The maximum atomic E-state index is 13.0. The Balaban J connectivity index is 1.25. The second-order valence-corrected chi connectivity index (χ2v) is 10.4. The molecule has 2 fully saturated rings. The summed E-state index contributed by atoms with van der Waals surface area (Å²) in [6.45, 7) is 3.01. The summed E-state index contributed by atoms with van der Waals surface area (Å²) < 4.78 is 46.3. The van der Waals surface area contributed by atoms with E-state index in [9.17, 15) is 17.6 Å². The van der Waals surface area contributed by atoms with Crippen molar-refractivity contribution in [2.45, 2.75) is 49.1 Å². The van der Waals surface area contributed by atoms with E-state index in [1.165, 1.54) is 24.3 Å². The lowest BCUT2D eigenvalue weighted by Crippen LogP contribution is -2.41. The molecular weight excluding hydrogens is 431 g/mol. The van der Waals surface area contributed by atoms with Crippen molar-refractivity contribution < 1.29 is 22.3 Å². The highest BCUT2D eigenvalue weighted by molar-refractivity contribution is 7.89. The molecule has 2 aromatic rings.